The average Bonchev–Trinajstić information content (AvgIpc) is 3.01. The molecule has 5 heteroatoms. The van der Waals surface area contributed by atoms with E-state index in [4.69, 9.17) is 9.15 Å². The van der Waals surface area contributed by atoms with Gasteiger partial charge in [-0.05, 0) is 25.1 Å². The Morgan fingerprint density at radius 3 is 2.62 bits per heavy atom. The van der Waals surface area contributed by atoms with Gasteiger partial charge in [-0.25, -0.2) is 4.79 Å². The molecular weight excluding hydrogens is 306 g/mol. The number of para-hydroxylation sites is 1. The van der Waals surface area contributed by atoms with Crippen molar-refractivity contribution in [3.05, 3.63) is 65.4 Å². The molecule has 24 heavy (non-hydrogen) atoms. The van der Waals surface area contributed by atoms with E-state index in [2.05, 4.69) is 5.32 Å². The summed E-state index contributed by atoms with van der Waals surface area (Å²) in [6.45, 7) is 1.81. The van der Waals surface area contributed by atoms with Crippen LogP contribution in [0.5, 0.6) is 0 Å². The first-order chi connectivity index (χ1) is 11.6. The molecule has 0 amide bonds. The molecule has 5 nitrogen and oxygen atoms in total. The van der Waals surface area contributed by atoms with Gasteiger partial charge in [-0.15, -0.1) is 0 Å². The Balaban J connectivity index is 1.90. The van der Waals surface area contributed by atoms with Crippen molar-refractivity contribution in [1.29, 1.82) is 0 Å². The minimum Gasteiger partial charge on any atom is -0.465 e. The summed E-state index contributed by atoms with van der Waals surface area (Å²) >= 11 is 0. The number of ketones is 1. The number of anilines is 1. The van der Waals surface area contributed by atoms with E-state index < -0.39 is 5.97 Å². The summed E-state index contributed by atoms with van der Waals surface area (Å²) in [7, 11) is 1.29. The fraction of sp³-hybridized carbons (Fsp3) is 0.158. The van der Waals surface area contributed by atoms with Crippen LogP contribution in [0.15, 0.2) is 52.9 Å². The summed E-state index contributed by atoms with van der Waals surface area (Å²) in [5.74, 6) is -0.00376. The van der Waals surface area contributed by atoms with Gasteiger partial charge in [0.25, 0.3) is 0 Å². The predicted octanol–water partition coefficient (Wildman–Crippen LogP) is 4.03. The van der Waals surface area contributed by atoms with Gasteiger partial charge in [-0.3, -0.25) is 4.79 Å². The van der Waals surface area contributed by atoms with Crippen molar-refractivity contribution >= 4 is 28.4 Å². The summed E-state index contributed by atoms with van der Waals surface area (Å²) in [5.41, 5.74) is 1.91. The molecule has 0 atom stereocenters. The van der Waals surface area contributed by atoms with Crippen molar-refractivity contribution in [2.75, 3.05) is 12.4 Å². The van der Waals surface area contributed by atoms with Crippen molar-refractivity contribution < 1.29 is 18.7 Å². The molecule has 1 N–H and O–H groups in total. The highest BCUT2D eigenvalue weighted by Gasteiger charge is 2.19. The minimum atomic E-state index is -0.548. The van der Waals surface area contributed by atoms with Gasteiger partial charge >= 0.3 is 5.97 Å². The number of hydrogen-bond acceptors (Lipinski definition) is 5. The average molecular weight is 323 g/mol. The minimum absolute atomic E-state index is 0.192. The molecule has 1 heterocycles. The van der Waals surface area contributed by atoms with Gasteiger partial charge in [0, 0.05) is 16.6 Å². The number of methoxy groups -OCH3 is 1. The number of esters is 1. The first kappa shape index (κ1) is 15.8. The van der Waals surface area contributed by atoms with Crippen LogP contribution in [0.1, 0.15) is 33.4 Å². The van der Waals surface area contributed by atoms with Gasteiger partial charge in [0.05, 0.1) is 19.2 Å². The Kier molecular flexibility index (Phi) is 4.33. The maximum Gasteiger partial charge on any atom is 0.340 e. The monoisotopic (exact) mass is 323 g/mol. The predicted molar refractivity (Wildman–Crippen MR) is 91.3 cm³/mol. The van der Waals surface area contributed by atoms with Gasteiger partial charge < -0.3 is 14.5 Å². The highest BCUT2D eigenvalue weighted by atomic mass is 16.5. The van der Waals surface area contributed by atoms with Crippen LogP contribution in [-0.4, -0.2) is 18.9 Å². The largest absolute Gasteiger partial charge is 0.465 e. The Morgan fingerprint density at radius 2 is 1.92 bits per heavy atom. The Hall–Kier alpha value is -3.08. The maximum absolute atomic E-state index is 12.1. The molecule has 122 valence electrons. The second-order valence-electron chi connectivity index (χ2n) is 5.38. The molecule has 0 radical (unpaired) electrons. The number of Topliss-reactive ketones (excluding diaryl/α,β-unsaturated/α-hetero) is 1. The highest BCUT2D eigenvalue weighted by Crippen LogP contribution is 2.24. The topological polar surface area (TPSA) is 68.5 Å². The summed E-state index contributed by atoms with van der Waals surface area (Å²) in [6.07, 6.45) is 0. The zero-order valence-electron chi connectivity index (χ0n) is 13.5. The van der Waals surface area contributed by atoms with Crippen molar-refractivity contribution in [3.63, 3.8) is 0 Å². The first-order valence-electron chi connectivity index (χ1n) is 7.53. The maximum atomic E-state index is 12.1. The van der Waals surface area contributed by atoms with E-state index in [1.165, 1.54) is 14.0 Å². The molecule has 2 aromatic carbocycles. The van der Waals surface area contributed by atoms with Gasteiger partial charge in [-0.1, -0.05) is 30.3 Å². The van der Waals surface area contributed by atoms with Gasteiger partial charge in [0.15, 0.2) is 5.78 Å². The Labute approximate surface area is 139 Å². The van der Waals surface area contributed by atoms with E-state index in [1.54, 1.807) is 18.2 Å². The van der Waals surface area contributed by atoms with Gasteiger partial charge in [0.2, 0.25) is 0 Å². The number of ether oxygens (including phenoxy) is 1. The molecule has 0 aliphatic heterocycles. The smallest absolute Gasteiger partial charge is 0.340 e. The molecule has 0 unspecified atom stereocenters. The third-order valence-electron chi connectivity index (χ3n) is 3.76. The lowest BCUT2D eigenvalue weighted by atomic mass is 10.0. The first-order valence-corrected chi connectivity index (χ1v) is 7.53. The number of rotatable bonds is 5. The molecule has 0 saturated carbocycles. The molecule has 0 spiro atoms. The molecule has 3 aromatic rings. The highest BCUT2D eigenvalue weighted by molar-refractivity contribution is 6.08. The van der Waals surface area contributed by atoms with E-state index in [0.29, 0.717) is 17.8 Å². The van der Waals surface area contributed by atoms with Gasteiger partial charge in [0.1, 0.15) is 11.3 Å². The second-order valence-corrected chi connectivity index (χ2v) is 5.38. The zero-order chi connectivity index (χ0) is 17.1. The second kappa shape index (κ2) is 6.58. The Bertz CT molecular complexity index is 878. The number of nitrogens with one attached hydrogen (secondary N) is 1. The van der Waals surface area contributed by atoms with Crippen LogP contribution in [0.3, 0.4) is 0 Å². The Morgan fingerprint density at radius 1 is 1.12 bits per heavy atom. The van der Waals surface area contributed by atoms with Crippen LogP contribution in [0, 0.1) is 0 Å². The van der Waals surface area contributed by atoms with Crippen molar-refractivity contribution in [3.8, 4) is 0 Å². The van der Waals surface area contributed by atoms with E-state index >= 15 is 0 Å². The molecule has 0 aliphatic carbocycles. The molecule has 1 aromatic heterocycles. The number of hydrogen-bond donors (Lipinski definition) is 1. The lowest BCUT2D eigenvalue weighted by Gasteiger charge is -2.12. The van der Waals surface area contributed by atoms with E-state index in [0.717, 1.165) is 16.7 Å². The van der Waals surface area contributed by atoms with Crippen LogP contribution >= 0.6 is 0 Å². The van der Waals surface area contributed by atoms with Crippen LogP contribution in [0.4, 0.5) is 5.69 Å². The standard InChI is InChI=1S/C19H17NO4/c1-12(21)15-7-5-8-16(18(15)19(22)23-2)20-11-14-10-13-6-3-4-9-17(13)24-14/h3-10,20H,11H2,1-2H3. The fourth-order valence-corrected chi connectivity index (χ4v) is 2.62. The third-order valence-corrected chi connectivity index (χ3v) is 3.76. The normalized spacial score (nSPS) is 10.6. The lowest BCUT2D eigenvalue weighted by Crippen LogP contribution is -2.13. The number of carbonyl (C=O) groups is 2. The number of furan rings is 1. The molecule has 3 rings (SSSR count). The summed E-state index contributed by atoms with van der Waals surface area (Å²) in [6, 6.07) is 14.7. The number of fused-ring (bicyclic) bond motifs is 1. The summed E-state index contributed by atoms with van der Waals surface area (Å²) in [4.78, 5) is 23.9. The van der Waals surface area contributed by atoms with E-state index in [1.807, 2.05) is 30.3 Å². The van der Waals surface area contributed by atoms with E-state index in [9.17, 15) is 9.59 Å². The fourth-order valence-electron chi connectivity index (χ4n) is 2.62. The SMILES string of the molecule is COC(=O)c1c(NCc2cc3ccccc3o2)cccc1C(C)=O. The zero-order valence-corrected chi connectivity index (χ0v) is 13.5. The van der Waals surface area contributed by atoms with Crippen LogP contribution in [0.25, 0.3) is 11.0 Å². The van der Waals surface area contributed by atoms with Gasteiger partial charge in [-0.2, -0.15) is 0 Å². The number of carbonyl (C=O) groups excluding carboxylic acids is 2. The summed E-state index contributed by atoms with van der Waals surface area (Å²) in [5, 5.41) is 4.17. The molecule has 0 aliphatic rings. The number of benzene rings is 2. The lowest BCUT2D eigenvalue weighted by molar-refractivity contribution is 0.0598. The van der Waals surface area contributed by atoms with Crippen molar-refractivity contribution in [2.24, 2.45) is 0 Å². The molecule has 0 fully saturated rings. The van der Waals surface area contributed by atoms with E-state index in [-0.39, 0.29) is 11.3 Å². The quantitative estimate of drug-likeness (QED) is 0.567. The van der Waals surface area contributed by atoms with Crippen LogP contribution in [0.2, 0.25) is 0 Å². The van der Waals surface area contributed by atoms with Crippen LogP contribution in [-0.2, 0) is 11.3 Å². The molecule has 0 saturated heterocycles. The molecule has 0 bridgehead atoms. The van der Waals surface area contributed by atoms with Crippen LogP contribution < -0.4 is 5.32 Å². The van der Waals surface area contributed by atoms with Crippen molar-refractivity contribution in [2.45, 2.75) is 13.5 Å². The third kappa shape index (κ3) is 3.01. The summed E-state index contributed by atoms with van der Waals surface area (Å²) < 4.78 is 10.6. The van der Waals surface area contributed by atoms with Crippen molar-refractivity contribution in [1.82, 2.24) is 0 Å². The molecular formula is C19H17NO4.